The van der Waals surface area contributed by atoms with Crippen LogP contribution in [0.25, 0.3) is 0 Å². The third-order valence-corrected chi connectivity index (χ3v) is 4.10. The van der Waals surface area contributed by atoms with E-state index in [0.29, 0.717) is 0 Å². The average molecular weight is 213 g/mol. The Balaban J connectivity index is 2.69. The number of unbranched alkanes of at least 4 members (excludes halogenated alkanes) is 1. The molecule has 0 spiro atoms. The van der Waals surface area contributed by atoms with Crippen molar-refractivity contribution in [1.82, 2.24) is 0 Å². The zero-order valence-electron chi connectivity index (χ0n) is 10.8. The lowest BCUT2D eigenvalue weighted by molar-refractivity contribution is -0.0345. The maximum absolute atomic E-state index is 10.7. The molecule has 90 valence electrons. The van der Waals surface area contributed by atoms with Crippen LogP contribution in [-0.2, 0) is 0 Å². The Bertz CT molecular complexity index is 223. The molecule has 2 unspecified atom stereocenters. The van der Waals surface area contributed by atoms with Gasteiger partial charge in [0.2, 0.25) is 0 Å². The maximum Gasteiger partial charge on any atom is 0.0828 e. The van der Waals surface area contributed by atoms with Crippen molar-refractivity contribution >= 4 is 0 Å². The van der Waals surface area contributed by atoms with Gasteiger partial charge in [-0.2, -0.15) is 0 Å². The second-order valence-electron chi connectivity index (χ2n) is 6.39. The lowest BCUT2D eigenvalue weighted by atomic mass is 9.75. The van der Waals surface area contributed by atoms with E-state index in [1.165, 1.54) is 0 Å². The summed E-state index contributed by atoms with van der Waals surface area (Å²) in [6, 6.07) is 0. The first-order chi connectivity index (χ1) is 6.72. The molecule has 0 aromatic rings. The fourth-order valence-corrected chi connectivity index (χ4v) is 2.78. The third-order valence-electron chi connectivity index (χ3n) is 4.10. The van der Waals surface area contributed by atoms with Crippen molar-refractivity contribution < 1.29 is 5.11 Å². The molecule has 3 N–H and O–H groups in total. The van der Waals surface area contributed by atoms with Crippen molar-refractivity contribution in [3.05, 3.63) is 0 Å². The first-order valence-electron chi connectivity index (χ1n) is 6.24. The highest BCUT2D eigenvalue weighted by atomic mass is 16.3. The normalized spacial score (nSPS) is 34.0. The molecule has 0 amide bonds. The molecule has 1 aliphatic carbocycles. The van der Waals surface area contributed by atoms with E-state index in [1.54, 1.807) is 0 Å². The van der Waals surface area contributed by atoms with Crippen molar-refractivity contribution in [2.75, 3.05) is 0 Å². The van der Waals surface area contributed by atoms with Crippen LogP contribution in [0.5, 0.6) is 0 Å². The minimum absolute atomic E-state index is 0.252. The lowest BCUT2D eigenvalue weighted by Gasteiger charge is -2.41. The smallest absolute Gasteiger partial charge is 0.0828 e. The van der Waals surface area contributed by atoms with Crippen molar-refractivity contribution in [1.29, 1.82) is 0 Å². The summed E-state index contributed by atoms with van der Waals surface area (Å²) in [5.41, 5.74) is 5.50. The first kappa shape index (κ1) is 13.0. The summed E-state index contributed by atoms with van der Waals surface area (Å²) >= 11 is 0. The summed E-state index contributed by atoms with van der Waals surface area (Å²) < 4.78 is 0. The molecule has 2 heteroatoms. The average Bonchev–Trinajstić information content (AvgIpc) is 2.39. The molecular weight excluding hydrogens is 186 g/mol. The minimum Gasteiger partial charge on any atom is -0.388 e. The Morgan fingerprint density at radius 3 is 2.33 bits per heavy atom. The number of rotatable bonds is 4. The molecule has 2 atom stereocenters. The molecule has 0 aromatic carbocycles. The molecule has 1 saturated carbocycles. The quantitative estimate of drug-likeness (QED) is 0.754. The van der Waals surface area contributed by atoms with Crippen LogP contribution in [-0.4, -0.2) is 16.2 Å². The molecular formula is C13H27NO. The van der Waals surface area contributed by atoms with Gasteiger partial charge in [-0.1, -0.05) is 33.6 Å². The van der Waals surface area contributed by atoms with Gasteiger partial charge in [0.15, 0.2) is 0 Å². The Kier molecular flexibility index (Phi) is 3.52. The predicted octanol–water partition coefficient (Wildman–Crippen LogP) is 2.84. The molecule has 0 radical (unpaired) electrons. The van der Waals surface area contributed by atoms with E-state index in [4.69, 9.17) is 5.73 Å². The molecule has 0 aromatic heterocycles. The predicted molar refractivity (Wildman–Crippen MR) is 64.7 cm³/mol. The van der Waals surface area contributed by atoms with Gasteiger partial charge in [0, 0.05) is 5.54 Å². The molecule has 0 bridgehead atoms. The summed E-state index contributed by atoms with van der Waals surface area (Å²) in [7, 11) is 0. The van der Waals surface area contributed by atoms with E-state index in [1.807, 2.05) is 6.92 Å². The van der Waals surface area contributed by atoms with E-state index in [2.05, 4.69) is 20.8 Å². The van der Waals surface area contributed by atoms with Crippen LogP contribution in [0.1, 0.15) is 66.2 Å². The molecule has 1 rings (SSSR count). The fraction of sp³-hybridized carbons (Fsp3) is 1.00. The van der Waals surface area contributed by atoms with Crippen molar-refractivity contribution in [3.63, 3.8) is 0 Å². The van der Waals surface area contributed by atoms with Gasteiger partial charge < -0.3 is 10.8 Å². The van der Waals surface area contributed by atoms with Crippen LogP contribution in [0.3, 0.4) is 0 Å². The number of hydrogen-bond acceptors (Lipinski definition) is 2. The topological polar surface area (TPSA) is 46.2 Å². The lowest BCUT2D eigenvalue weighted by Crippen LogP contribution is -2.57. The fourth-order valence-electron chi connectivity index (χ4n) is 2.78. The Morgan fingerprint density at radius 1 is 1.33 bits per heavy atom. The largest absolute Gasteiger partial charge is 0.388 e. The van der Waals surface area contributed by atoms with Gasteiger partial charge in [-0.05, 0) is 38.0 Å². The second kappa shape index (κ2) is 4.06. The molecule has 0 saturated heterocycles. The van der Waals surface area contributed by atoms with Crippen LogP contribution in [0.2, 0.25) is 0 Å². The molecule has 15 heavy (non-hydrogen) atoms. The zero-order valence-corrected chi connectivity index (χ0v) is 10.8. The summed E-state index contributed by atoms with van der Waals surface area (Å²) in [6.07, 6.45) is 5.97. The van der Waals surface area contributed by atoms with Crippen LogP contribution in [0.15, 0.2) is 0 Å². The molecule has 2 nitrogen and oxygen atoms in total. The molecule has 1 aliphatic rings. The summed E-state index contributed by atoms with van der Waals surface area (Å²) in [5, 5.41) is 10.7. The SMILES string of the molecule is CCCCC(C)(N)C1(O)CCC(C)(C)C1. The van der Waals surface area contributed by atoms with Crippen LogP contribution in [0.4, 0.5) is 0 Å². The summed E-state index contributed by atoms with van der Waals surface area (Å²) in [4.78, 5) is 0. The Hall–Kier alpha value is -0.0800. The van der Waals surface area contributed by atoms with Crippen molar-refractivity contribution in [3.8, 4) is 0 Å². The monoisotopic (exact) mass is 213 g/mol. The summed E-state index contributed by atoms with van der Waals surface area (Å²) in [5.74, 6) is 0. The summed E-state index contributed by atoms with van der Waals surface area (Å²) in [6.45, 7) is 8.63. The second-order valence-corrected chi connectivity index (χ2v) is 6.39. The Morgan fingerprint density at radius 2 is 1.93 bits per heavy atom. The van der Waals surface area contributed by atoms with Gasteiger partial charge in [0.05, 0.1) is 5.60 Å². The van der Waals surface area contributed by atoms with Gasteiger partial charge in [0.1, 0.15) is 0 Å². The van der Waals surface area contributed by atoms with E-state index < -0.39 is 11.1 Å². The molecule has 0 heterocycles. The van der Waals surface area contributed by atoms with Crippen LogP contribution in [0, 0.1) is 5.41 Å². The first-order valence-corrected chi connectivity index (χ1v) is 6.24. The molecule has 1 fully saturated rings. The van der Waals surface area contributed by atoms with Crippen LogP contribution < -0.4 is 5.73 Å². The van der Waals surface area contributed by atoms with E-state index in [-0.39, 0.29) is 5.41 Å². The van der Waals surface area contributed by atoms with E-state index >= 15 is 0 Å². The van der Waals surface area contributed by atoms with E-state index in [9.17, 15) is 5.11 Å². The molecule has 0 aliphatic heterocycles. The van der Waals surface area contributed by atoms with Gasteiger partial charge in [-0.25, -0.2) is 0 Å². The minimum atomic E-state index is -0.647. The highest BCUT2D eigenvalue weighted by molar-refractivity contribution is 5.07. The number of hydrogen-bond donors (Lipinski definition) is 2. The van der Waals surface area contributed by atoms with Gasteiger partial charge >= 0.3 is 0 Å². The van der Waals surface area contributed by atoms with Gasteiger partial charge in [-0.3, -0.25) is 0 Å². The maximum atomic E-state index is 10.7. The Labute approximate surface area is 94.2 Å². The van der Waals surface area contributed by atoms with Crippen molar-refractivity contribution in [2.24, 2.45) is 11.1 Å². The van der Waals surface area contributed by atoms with Gasteiger partial charge in [-0.15, -0.1) is 0 Å². The number of nitrogens with two attached hydrogens (primary N) is 1. The standard InChI is InChI=1S/C13H27NO/c1-5-6-7-12(4,14)13(15)9-8-11(2,3)10-13/h15H,5-10,14H2,1-4H3. The van der Waals surface area contributed by atoms with E-state index in [0.717, 1.165) is 38.5 Å². The van der Waals surface area contributed by atoms with Crippen molar-refractivity contribution in [2.45, 2.75) is 77.4 Å². The highest BCUT2D eigenvalue weighted by Gasteiger charge is 2.51. The van der Waals surface area contributed by atoms with Gasteiger partial charge in [0.25, 0.3) is 0 Å². The number of aliphatic hydroxyl groups is 1. The zero-order chi connectivity index (χ0) is 11.7. The highest BCUT2D eigenvalue weighted by Crippen LogP contribution is 2.48. The third kappa shape index (κ3) is 2.73. The van der Waals surface area contributed by atoms with Crippen LogP contribution >= 0.6 is 0 Å².